The Morgan fingerprint density at radius 3 is 2.73 bits per heavy atom. The smallest absolute Gasteiger partial charge is 0.349 e. The van der Waals surface area contributed by atoms with Crippen LogP contribution in [0.2, 0.25) is 5.02 Å². The summed E-state index contributed by atoms with van der Waals surface area (Å²) in [6.07, 6.45) is 0. The summed E-state index contributed by atoms with van der Waals surface area (Å²) in [6, 6.07) is 1.97. The first-order valence-electron chi connectivity index (χ1n) is 6.00. The number of carbonyl (C=O) groups excluding carboxylic acids is 1. The van der Waals surface area contributed by atoms with E-state index in [9.17, 15) is 25.1 Å². The largest absolute Gasteiger partial charge is 0.507 e. The molecule has 0 bridgehead atoms. The molecule has 9 nitrogen and oxygen atoms in total. The first-order valence-corrected chi connectivity index (χ1v) is 6.38. The number of nitro groups is 1. The molecule has 0 atom stereocenters. The summed E-state index contributed by atoms with van der Waals surface area (Å²) in [6.45, 7) is 1.88. The van der Waals surface area contributed by atoms with Gasteiger partial charge in [0.05, 0.1) is 15.5 Å². The van der Waals surface area contributed by atoms with Crippen molar-refractivity contribution in [1.29, 1.82) is 0 Å². The highest BCUT2D eigenvalue weighted by atomic mass is 35.5. The summed E-state index contributed by atoms with van der Waals surface area (Å²) in [7, 11) is 0. The van der Waals surface area contributed by atoms with Crippen LogP contribution in [0.1, 0.15) is 17.4 Å². The van der Waals surface area contributed by atoms with Crippen LogP contribution in [0.3, 0.4) is 0 Å². The SMILES string of the molecule is CCNC(=O)c1noc(-c2cc(Cl)c(O)cc2O)c1[N+](=O)[O-]. The Kier molecular flexibility index (Phi) is 4.18. The molecule has 22 heavy (non-hydrogen) atoms. The van der Waals surface area contributed by atoms with E-state index in [0.29, 0.717) is 0 Å². The van der Waals surface area contributed by atoms with Crippen LogP contribution in [0.5, 0.6) is 11.5 Å². The topological polar surface area (TPSA) is 139 Å². The van der Waals surface area contributed by atoms with Gasteiger partial charge < -0.3 is 20.1 Å². The number of hydrogen-bond donors (Lipinski definition) is 3. The minimum absolute atomic E-state index is 0.155. The fraction of sp³-hybridized carbons (Fsp3) is 0.167. The summed E-state index contributed by atoms with van der Waals surface area (Å²) in [5, 5.41) is 36.0. The second-order valence-electron chi connectivity index (χ2n) is 4.15. The van der Waals surface area contributed by atoms with Gasteiger partial charge in [-0.15, -0.1) is 0 Å². The number of rotatable bonds is 4. The number of carbonyl (C=O) groups is 1. The first kappa shape index (κ1) is 15.6. The Morgan fingerprint density at radius 2 is 2.14 bits per heavy atom. The molecule has 0 saturated heterocycles. The van der Waals surface area contributed by atoms with E-state index < -0.39 is 39.5 Å². The van der Waals surface area contributed by atoms with Gasteiger partial charge in [0.15, 0.2) is 0 Å². The van der Waals surface area contributed by atoms with Crippen LogP contribution in [0.15, 0.2) is 16.7 Å². The summed E-state index contributed by atoms with van der Waals surface area (Å²) in [5.41, 5.74) is -1.40. The van der Waals surface area contributed by atoms with Gasteiger partial charge in [0.1, 0.15) is 11.5 Å². The van der Waals surface area contributed by atoms with Gasteiger partial charge in [0.25, 0.3) is 5.91 Å². The van der Waals surface area contributed by atoms with Gasteiger partial charge in [0.2, 0.25) is 11.5 Å². The van der Waals surface area contributed by atoms with Crippen molar-refractivity contribution >= 4 is 23.2 Å². The van der Waals surface area contributed by atoms with Gasteiger partial charge in [-0.2, -0.15) is 0 Å². The predicted octanol–water partition coefficient (Wildman–Crippen LogP) is 2.06. The first-order chi connectivity index (χ1) is 10.4. The van der Waals surface area contributed by atoms with E-state index in [4.69, 9.17) is 16.1 Å². The zero-order valence-corrected chi connectivity index (χ0v) is 11.9. The van der Waals surface area contributed by atoms with E-state index >= 15 is 0 Å². The number of phenols is 2. The Morgan fingerprint density at radius 1 is 1.45 bits per heavy atom. The van der Waals surface area contributed by atoms with Crippen LogP contribution in [0.4, 0.5) is 5.69 Å². The van der Waals surface area contributed by atoms with Crippen molar-refractivity contribution in [1.82, 2.24) is 10.5 Å². The molecule has 10 heteroatoms. The molecule has 1 amide bonds. The quantitative estimate of drug-likeness (QED) is 0.577. The van der Waals surface area contributed by atoms with Crippen LogP contribution in [0.25, 0.3) is 11.3 Å². The Hall–Kier alpha value is -2.81. The summed E-state index contributed by atoms with van der Waals surface area (Å²) < 4.78 is 4.83. The van der Waals surface area contributed by atoms with Gasteiger partial charge in [-0.05, 0) is 13.0 Å². The second-order valence-corrected chi connectivity index (χ2v) is 4.55. The highest BCUT2D eigenvalue weighted by molar-refractivity contribution is 6.32. The molecule has 0 radical (unpaired) electrons. The van der Waals surface area contributed by atoms with E-state index in [-0.39, 0.29) is 17.1 Å². The molecule has 1 heterocycles. The van der Waals surface area contributed by atoms with Crippen LogP contribution in [-0.2, 0) is 0 Å². The molecular formula is C12H10ClN3O6. The lowest BCUT2D eigenvalue weighted by molar-refractivity contribution is -0.384. The molecule has 0 aliphatic rings. The predicted molar refractivity (Wildman–Crippen MR) is 74.9 cm³/mol. The summed E-state index contributed by atoms with van der Waals surface area (Å²) in [5.74, 6) is -2.14. The van der Waals surface area contributed by atoms with Crippen LogP contribution in [0, 0.1) is 10.1 Å². The molecule has 1 aromatic carbocycles. The van der Waals surface area contributed by atoms with E-state index in [1.165, 1.54) is 0 Å². The fourth-order valence-corrected chi connectivity index (χ4v) is 1.92. The molecule has 2 aromatic rings. The fourth-order valence-electron chi connectivity index (χ4n) is 1.76. The molecule has 3 N–H and O–H groups in total. The molecule has 0 unspecified atom stereocenters. The van der Waals surface area contributed by atoms with Crippen LogP contribution in [-0.4, -0.2) is 32.7 Å². The van der Waals surface area contributed by atoms with Crippen molar-refractivity contribution in [3.63, 3.8) is 0 Å². The van der Waals surface area contributed by atoms with Crippen molar-refractivity contribution < 1.29 is 24.5 Å². The molecule has 0 aliphatic heterocycles. The summed E-state index contributed by atoms with van der Waals surface area (Å²) in [4.78, 5) is 22.1. The number of phenolic OH excluding ortho intramolecular Hbond substituents is 2. The van der Waals surface area contributed by atoms with Gasteiger partial charge in [-0.3, -0.25) is 14.9 Å². The molecule has 0 saturated carbocycles. The summed E-state index contributed by atoms with van der Waals surface area (Å²) >= 11 is 5.71. The van der Waals surface area contributed by atoms with E-state index in [0.717, 1.165) is 12.1 Å². The van der Waals surface area contributed by atoms with Crippen LogP contribution >= 0.6 is 11.6 Å². The van der Waals surface area contributed by atoms with Crippen molar-refractivity contribution in [3.8, 4) is 22.8 Å². The van der Waals surface area contributed by atoms with E-state index in [2.05, 4.69) is 10.5 Å². The lowest BCUT2D eigenvalue weighted by Crippen LogP contribution is -2.23. The lowest BCUT2D eigenvalue weighted by atomic mass is 10.1. The average molecular weight is 328 g/mol. The number of nitrogens with zero attached hydrogens (tertiary/aromatic N) is 2. The standard InChI is InChI=1S/C12H10ClN3O6/c1-2-14-12(19)9-10(16(20)21)11(22-15-9)5-3-6(13)8(18)4-7(5)17/h3-4,17-18H,2H2,1H3,(H,14,19). The third kappa shape index (κ3) is 2.66. The molecule has 0 spiro atoms. The molecule has 2 rings (SSSR count). The number of halogens is 1. The molecular weight excluding hydrogens is 318 g/mol. The second kappa shape index (κ2) is 5.90. The van der Waals surface area contributed by atoms with E-state index in [1.807, 2.05) is 0 Å². The number of nitrogens with one attached hydrogen (secondary N) is 1. The highest BCUT2D eigenvalue weighted by Crippen LogP contribution is 2.41. The molecule has 0 fully saturated rings. The maximum absolute atomic E-state index is 11.8. The number of aromatic hydroxyl groups is 2. The maximum atomic E-state index is 11.8. The van der Waals surface area contributed by atoms with Crippen LogP contribution < -0.4 is 5.32 Å². The van der Waals surface area contributed by atoms with Crippen molar-refractivity contribution in [2.45, 2.75) is 6.92 Å². The lowest BCUT2D eigenvalue weighted by Gasteiger charge is -2.03. The number of amides is 1. The van der Waals surface area contributed by atoms with Crippen molar-refractivity contribution in [3.05, 3.63) is 33.0 Å². The zero-order valence-electron chi connectivity index (χ0n) is 11.2. The molecule has 1 aromatic heterocycles. The molecule has 0 aliphatic carbocycles. The molecule has 116 valence electrons. The maximum Gasteiger partial charge on any atom is 0.349 e. The normalized spacial score (nSPS) is 10.5. The zero-order chi connectivity index (χ0) is 16.4. The van der Waals surface area contributed by atoms with Gasteiger partial charge >= 0.3 is 5.69 Å². The Balaban J connectivity index is 2.64. The number of benzene rings is 1. The Bertz CT molecular complexity index is 758. The number of hydrogen-bond acceptors (Lipinski definition) is 7. The van der Waals surface area contributed by atoms with Gasteiger partial charge in [-0.1, -0.05) is 16.8 Å². The van der Waals surface area contributed by atoms with Crippen molar-refractivity contribution in [2.24, 2.45) is 0 Å². The highest BCUT2D eigenvalue weighted by Gasteiger charge is 2.34. The third-order valence-corrected chi connectivity index (χ3v) is 3.02. The van der Waals surface area contributed by atoms with Crippen molar-refractivity contribution in [2.75, 3.05) is 6.54 Å². The van der Waals surface area contributed by atoms with E-state index in [1.54, 1.807) is 6.92 Å². The number of aromatic nitrogens is 1. The van der Waals surface area contributed by atoms with Gasteiger partial charge in [-0.25, -0.2) is 0 Å². The Labute approximate surface area is 128 Å². The minimum atomic E-state index is -0.851. The average Bonchev–Trinajstić information content (AvgIpc) is 2.88. The monoisotopic (exact) mass is 327 g/mol. The minimum Gasteiger partial charge on any atom is -0.507 e. The van der Waals surface area contributed by atoms with Gasteiger partial charge in [0, 0.05) is 12.6 Å². The third-order valence-electron chi connectivity index (χ3n) is 2.71.